The quantitative estimate of drug-likeness (QED) is 0.675. The van der Waals surface area contributed by atoms with Gasteiger partial charge in [-0.15, -0.1) is 0 Å². The van der Waals surface area contributed by atoms with Crippen molar-refractivity contribution in [2.75, 3.05) is 52.6 Å². The summed E-state index contributed by atoms with van der Waals surface area (Å²) in [5.74, 6) is 3.61. The SMILES string of the molecule is CN(C)Cc1ccc(CSCCNC(=O)N2CCO[C@@H](CN)C2)o1. The second-order valence-corrected chi connectivity index (χ2v) is 7.17. The van der Waals surface area contributed by atoms with Gasteiger partial charge in [-0.25, -0.2) is 4.79 Å². The molecule has 1 fully saturated rings. The second-order valence-electron chi connectivity index (χ2n) is 6.06. The fourth-order valence-electron chi connectivity index (χ4n) is 2.46. The summed E-state index contributed by atoms with van der Waals surface area (Å²) >= 11 is 1.75. The second kappa shape index (κ2) is 9.93. The van der Waals surface area contributed by atoms with E-state index >= 15 is 0 Å². The van der Waals surface area contributed by atoms with Crippen LogP contribution in [0.4, 0.5) is 4.79 Å². The molecule has 3 N–H and O–H groups in total. The fraction of sp³-hybridized carbons (Fsp3) is 0.688. The molecule has 1 saturated heterocycles. The van der Waals surface area contributed by atoms with Gasteiger partial charge >= 0.3 is 6.03 Å². The number of amides is 2. The molecule has 1 aliphatic rings. The Morgan fingerprint density at radius 2 is 2.25 bits per heavy atom. The molecule has 2 rings (SSSR count). The number of carbonyl (C=O) groups excluding carboxylic acids is 1. The van der Waals surface area contributed by atoms with E-state index in [2.05, 4.69) is 10.2 Å². The molecule has 0 radical (unpaired) electrons. The van der Waals surface area contributed by atoms with Crippen molar-refractivity contribution in [3.8, 4) is 0 Å². The summed E-state index contributed by atoms with van der Waals surface area (Å²) in [5, 5.41) is 2.95. The van der Waals surface area contributed by atoms with Crippen LogP contribution in [0.2, 0.25) is 0 Å². The van der Waals surface area contributed by atoms with Crippen LogP contribution in [0.5, 0.6) is 0 Å². The van der Waals surface area contributed by atoms with E-state index in [1.165, 1.54) is 0 Å². The van der Waals surface area contributed by atoms with E-state index in [1.54, 1.807) is 16.7 Å². The maximum absolute atomic E-state index is 12.1. The van der Waals surface area contributed by atoms with E-state index < -0.39 is 0 Å². The predicted molar refractivity (Wildman–Crippen MR) is 96.0 cm³/mol. The van der Waals surface area contributed by atoms with Gasteiger partial charge in [0.2, 0.25) is 0 Å². The minimum atomic E-state index is -0.0470. The van der Waals surface area contributed by atoms with Gasteiger partial charge in [-0.3, -0.25) is 0 Å². The highest BCUT2D eigenvalue weighted by atomic mass is 32.2. The summed E-state index contributed by atoms with van der Waals surface area (Å²) in [4.78, 5) is 15.9. The highest BCUT2D eigenvalue weighted by Crippen LogP contribution is 2.16. The lowest BCUT2D eigenvalue weighted by molar-refractivity contribution is -0.00850. The molecule has 0 aliphatic carbocycles. The molecule has 2 heterocycles. The van der Waals surface area contributed by atoms with Crippen LogP contribution in [0.25, 0.3) is 0 Å². The molecule has 0 aromatic carbocycles. The van der Waals surface area contributed by atoms with Crippen molar-refractivity contribution >= 4 is 17.8 Å². The molecule has 2 amide bonds. The number of hydrogen-bond acceptors (Lipinski definition) is 6. The average Bonchev–Trinajstić information content (AvgIpc) is 3.01. The normalized spacial score (nSPS) is 18.2. The van der Waals surface area contributed by atoms with Crippen molar-refractivity contribution in [3.63, 3.8) is 0 Å². The third-order valence-corrected chi connectivity index (χ3v) is 4.63. The van der Waals surface area contributed by atoms with Crippen LogP contribution in [-0.4, -0.2) is 74.6 Å². The lowest BCUT2D eigenvalue weighted by atomic mass is 10.3. The molecule has 1 aliphatic heterocycles. The van der Waals surface area contributed by atoms with Gasteiger partial charge in [-0.2, -0.15) is 11.8 Å². The number of morpholine rings is 1. The third-order valence-electron chi connectivity index (χ3n) is 3.65. The molecule has 1 atom stereocenters. The van der Waals surface area contributed by atoms with Gasteiger partial charge in [-0.1, -0.05) is 0 Å². The van der Waals surface area contributed by atoms with Crippen LogP contribution < -0.4 is 11.1 Å². The molecule has 1 aromatic heterocycles. The lowest BCUT2D eigenvalue weighted by Gasteiger charge is -2.32. The minimum Gasteiger partial charge on any atom is -0.464 e. The van der Waals surface area contributed by atoms with Crippen molar-refractivity contribution < 1.29 is 13.9 Å². The molecule has 0 unspecified atom stereocenters. The molecule has 24 heavy (non-hydrogen) atoms. The predicted octanol–water partition coefficient (Wildman–Crippen LogP) is 0.944. The van der Waals surface area contributed by atoms with Crippen molar-refractivity contribution in [3.05, 3.63) is 23.7 Å². The number of nitrogens with two attached hydrogens (primary N) is 1. The Kier molecular flexibility index (Phi) is 7.90. The number of nitrogens with one attached hydrogen (secondary N) is 1. The molecule has 0 spiro atoms. The zero-order chi connectivity index (χ0) is 17.4. The molecule has 0 saturated carbocycles. The number of furan rings is 1. The smallest absolute Gasteiger partial charge is 0.317 e. The molecule has 0 bridgehead atoms. The van der Waals surface area contributed by atoms with Crippen molar-refractivity contribution in [2.45, 2.75) is 18.4 Å². The first-order chi connectivity index (χ1) is 11.6. The Morgan fingerprint density at radius 1 is 1.46 bits per heavy atom. The zero-order valence-electron chi connectivity index (χ0n) is 14.5. The number of urea groups is 1. The first kappa shape index (κ1) is 19.1. The Labute approximate surface area is 147 Å². The summed E-state index contributed by atoms with van der Waals surface area (Å²) in [7, 11) is 4.04. The monoisotopic (exact) mass is 356 g/mol. The summed E-state index contributed by atoms with van der Waals surface area (Å²) < 4.78 is 11.2. The van der Waals surface area contributed by atoms with E-state index in [9.17, 15) is 4.79 Å². The minimum absolute atomic E-state index is 0.0383. The standard InChI is InChI=1S/C16H28N4O3S/c1-19(2)10-13-3-4-14(23-13)12-24-8-5-18-16(21)20-6-7-22-15(9-17)11-20/h3-4,15H,5-12,17H2,1-2H3,(H,18,21)/t15-/m0/s1. The maximum atomic E-state index is 12.1. The molecular weight excluding hydrogens is 328 g/mol. The number of thioether (sulfide) groups is 1. The topological polar surface area (TPSA) is 84.0 Å². The first-order valence-electron chi connectivity index (χ1n) is 8.23. The fourth-order valence-corrected chi connectivity index (χ4v) is 3.20. The summed E-state index contributed by atoms with van der Waals surface area (Å²) in [6.45, 7) is 3.63. The highest BCUT2D eigenvalue weighted by Gasteiger charge is 2.22. The third kappa shape index (κ3) is 6.35. The van der Waals surface area contributed by atoms with E-state index in [0.717, 1.165) is 29.6 Å². The van der Waals surface area contributed by atoms with Crippen LogP contribution in [0.3, 0.4) is 0 Å². The van der Waals surface area contributed by atoms with Crippen LogP contribution in [0.1, 0.15) is 11.5 Å². The maximum Gasteiger partial charge on any atom is 0.317 e. The van der Waals surface area contributed by atoms with Gasteiger partial charge in [-0.05, 0) is 26.2 Å². The molecule has 136 valence electrons. The first-order valence-corrected chi connectivity index (χ1v) is 9.38. The van der Waals surface area contributed by atoms with Crippen LogP contribution in [-0.2, 0) is 17.0 Å². The van der Waals surface area contributed by atoms with Crippen LogP contribution >= 0.6 is 11.8 Å². The van der Waals surface area contributed by atoms with E-state index in [0.29, 0.717) is 32.8 Å². The lowest BCUT2D eigenvalue weighted by Crippen LogP contribution is -2.51. The number of carbonyl (C=O) groups is 1. The number of ether oxygens (including phenoxy) is 1. The Morgan fingerprint density at radius 3 is 3.00 bits per heavy atom. The van der Waals surface area contributed by atoms with Crippen LogP contribution in [0.15, 0.2) is 16.5 Å². The Balaban J connectivity index is 1.59. The van der Waals surface area contributed by atoms with Crippen LogP contribution in [0, 0.1) is 0 Å². The number of nitrogens with zero attached hydrogens (tertiary/aromatic N) is 2. The number of rotatable bonds is 8. The van der Waals surface area contributed by atoms with Crippen molar-refractivity contribution in [1.29, 1.82) is 0 Å². The Hall–Kier alpha value is -1.22. The summed E-state index contributed by atoms with van der Waals surface area (Å²) in [5.41, 5.74) is 5.59. The van der Waals surface area contributed by atoms with E-state index in [-0.39, 0.29) is 12.1 Å². The van der Waals surface area contributed by atoms with Gasteiger partial charge in [0.1, 0.15) is 11.5 Å². The van der Waals surface area contributed by atoms with E-state index in [1.807, 2.05) is 26.2 Å². The highest BCUT2D eigenvalue weighted by molar-refractivity contribution is 7.98. The largest absolute Gasteiger partial charge is 0.464 e. The molecule has 1 aromatic rings. The summed E-state index contributed by atoms with van der Waals surface area (Å²) in [6.07, 6.45) is -0.0470. The van der Waals surface area contributed by atoms with E-state index in [4.69, 9.17) is 14.9 Å². The molecule has 7 nitrogen and oxygen atoms in total. The van der Waals surface area contributed by atoms with Gasteiger partial charge in [0.25, 0.3) is 0 Å². The van der Waals surface area contributed by atoms with Gasteiger partial charge < -0.3 is 30.0 Å². The Bertz CT molecular complexity index is 509. The van der Waals surface area contributed by atoms with Gasteiger partial charge in [0.05, 0.1) is 25.0 Å². The van der Waals surface area contributed by atoms with Gasteiger partial charge in [0, 0.05) is 31.9 Å². The van der Waals surface area contributed by atoms with Gasteiger partial charge in [0.15, 0.2) is 0 Å². The molecular formula is C16H28N4O3S. The molecule has 8 heteroatoms. The zero-order valence-corrected chi connectivity index (χ0v) is 15.3. The van der Waals surface area contributed by atoms with Crippen molar-refractivity contribution in [2.24, 2.45) is 5.73 Å². The summed E-state index contributed by atoms with van der Waals surface area (Å²) in [6, 6.07) is 4.00. The van der Waals surface area contributed by atoms with Crippen molar-refractivity contribution in [1.82, 2.24) is 15.1 Å². The average molecular weight is 356 g/mol. The number of hydrogen-bond donors (Lipinski definition) is 2.